The van der Waals surface area contributed by atoms with E-state index in [1.54, 1.807) is 30.4 Å². The molecule has 4 nitrogen and oxygen atoms in total. The highest BCUT2D eigenvalue weighted by Gasteiger charge is 2.09. The minimum Gasteiger partial charge on any atom is -0.467 e. The van der Waals surface area contributed by atoms with Gasteiger partial charge in [0.2, 0.25) is 0 Å². The zero-order valence-electron chi connectivity index (χ0n) is 10.9. The van der Waals surface area contributed by atoms with Crippen molar-refractivity contribution < 1.29 is 4.42 Å². The molecule has 3 rings (SSSR count). The zero-order chi connectivity index (χ0) is 14.7. The third-order valence-corrected chi connectivity index (χ3v) is 4.47. The van der Waals surface area contributed by atoms with Crippen molar-refractivity contribution in [3.63, 3.8) is 0 Å². The Kier molecular flexibility index (Phi) is 4.53. The molecule has 21 heavy (non-hydrogen) atoms. The number of thioether (sulfide) groups is 1. The topological polar surface area (TPSA) is 43.9 Å². The van der Waals surface area contributed by atoms with Gasteiger partial charge < -0.3 is 8.98 Å². The summed E-state index contributed by atoms with van der Waals surface area (Å²) in [6.45, 7) is 0.608. The Balaban J connectivity index is 1.69. The fourth-order valence-electron chi connectivity index (χ4n) is 1.82. The number of hydrogen-bond acceptors (Lipinski definition) is 4. The fourth-order valence-corrected chi connectivity index (χ4v) is 3.29. The monoisotopic (exact) mass is 339 g/mol. The molecule has 0 spiro atoms. The number of halogens is 2. The van der Waals surface area contributed by atoms with Crippen LogP contribution in [0.5, 0.6) is 0 Å². The Morgan fingerprint density at radius 3 is 2.90 bits per heavy atom. The highest BCUT2D eigenvalue weighted by molar-refractivity contribution is 7.98. The summed E-state index contributed by atoms with van der Waals surface area (Å²) in [6, 6.07) is 9.28. The number of rotatable bonds is 5. The smallest absolute Gasteiger partial charge is 0.191 e. The van der Waals surface area contributed by atoms with E-state index in [9.17, 15) is 0 Å². The molecule has 0 atom stereocenters. The van der Waals surface area contributed by atoms with Gasteiger partial charge in [-0.25, -0.2) is 0 Å². The Bertz CT molecular complexity index is 728. The van der Waals surface area contributed by atoms with E-state index in [0.29, 0.717) is 22.3 Å². The first-order valence-electron chi connectivity index (χ1n) is 6.19. The van der Waals surface area contributed by atoms with Crippen LogP contribution in [0.25, 0.3) is 0 Å². The molecule has 0 radical (unpaired) electrons. The van der Waals surface area contributed by atoms with E-state index in [1.165, 1.54) is 0 Å². The molecule has 0 bridgehead atoms. The van der Waals surface area contributed by atoms with Gasteiger partial charge in [0.25, 0.3) is 0 Å². The van der Waals surface area contributed by atoms with E-state index in [0.717, 1.165) is 16.5 Å². The number of aromatic nitrogens is 3. The third-order valence-electron chi connectivity index (χ3n) is 2.86. The van der Waals surface area contributed by atoms with Gasteiger partial charge in [-0.05, 0) is 29.8 Å². The average molecular weight is 340 g/mol. The van der Waals surface area contributed by atoms with Crippen LogP contribution in [-0.2, 0) is 12.3 Å². The van der Waals surface area contributed by atoms with Crippen LogP contribution in [0.1, 0.15) is 11.3 Å². The van der Waals surface area contributed by atoms with Gasteiger partial charge in [-0.1, -0.05) is 41.0 Å². The van der Waals surface area contributed by atoms with Crippen LogP contribution in [-0.4, -0.2) is 14.8 Å². The first kappa shape index (κ1) is 14.5. The SMILES string of the molecule is Clc1ccc(CSc2nncn2Cc2ccco2)c(Cl)c1. The van der Waals surface area contributed by atoms with Crippen molar-refractivity contribution in [2.75, 3.05) is 0 Å². The number of hydrogen-bond donors (Lipinski definition) is 0. The van der Waals surface area contributed by atoms with Crippen molar-refractivity contribution in [3.8, 4) is 0 Å². The molecule has 2 aromatic heterocycles. The summed E-state index contributed by atoms with van der Waals surface area (Å²) in [5, 5.41) is 10.2. The molecule has 3 aromatic rings. The molecule has 7 heteroatoms. The molecular weight excluding hydrogens is 329 g/mol. The normalized spacial score (nSPS) is 11.0. The van der Waals surface area contributed by atoms with E-state index in [2.05, 4.69) is 10.2 Å². The van der Waals surface area contributed by atoms with Gasteiger partial charge in [-0.15, -0.1) is 10.2 Å². The van der Waals surface area contributed by atoms with Crippen molar-refractivity contribution in [1.82, 2.24) is 14.8 Å². The second kappa shape index (κ2) is 6.56. The van der Waals surface area contributed by atoms with E-state index >= 15 is 0 Å². The van der Waals surface area contributed by atoms with E-state index in [1.807, 2.05) is 28.8 Å². The molecule has 0 amide bonds. The summed E-state index contributed by atoms with van der Waals surface area (Å²) in [6.07, 6.45) is 3.34. The molecule has 1 aromatic carbocycles. The average Bonchev–Trinajstić information content (AvgIpc) is 3.10. The molecule has 108 valence electrons. The minimum absolute atomic E-state index is 0.608. The van der Waals surface area contributed by atoms with Crippen LogP contribution >= 0.6 is 35.0 Å². The van der Waals surface area contributed by atoms with Crippen molar-refractivity contribution in [2.45, 2.75) is 17.5 Å². The lowest BCUT2D eigenvalue weighted by Crippen LogP contribution is -1.99. The largest absolute Gasteiger partial charge is 0.467 e. The Morgan fingerprint density at radius 1 is 1.24 bits per heavy atom. The maximum Gasteiger partial charge on any atom is 0.191 e. The van der Waals surface area contributed by atoms with Crippen molar-refractivity contribution in [2.24, 2.45) is 0 Å². The highest BCUT2D eigenvalue weighted by atomic mass is 35.5. The van der Waals surface area contributed by atoms with Crippen LogP contribution in [0.15, 0.2) is 52.5 Å². The summed E-state index contributed by atoms with van der Waals surface area (Å²) in [5.41, 5.74) is 1.01. The van der Waals surface area contributed by atoms with Crippen molar-refractivity contribution >= 4 is 35.0 Å². The Hall–Kier alpha value is -1.43. The molecule has 0 aliphatic heterocycles. The van der Waals surface area contributed by atoms with E-state index < -0.39 is 0 Å². The van der Waals surface area contributed by atoms with Crippen LogP contribution in [0, 0.1) is 0 Å². The quantitative estimate of drug-likeness (QED) is 0.641. The first-order valence-corrected chi connectivity index (χ1v) is 7.93. The van der Waals surface area contributed by atoms with Crippen LogP contribution in [0.2, 0.25) is 10.0 Å². The van der Waals surface area contributed by atoms with E-state index in [4.69, 9.17) is 27.6 Å². The minimum atomic E-state index is 0.608. The van der Waals surface area contributed by atoms with Crippen molar-refractivity contribution in [1.29, 1.82) is 0 Å². The maximum atomic E-state index is 6.17. The Morgan fingerprint density at radius 2 is 2.14 bits per heavy atom. The van der Waals surface area contributed by atoms with Gasteiger partial charge >= 0.3 is 0 Å². The van der Waals surface area contributed by atoms with Gasteiger partial charge in [0.05, 0.1) is 12.8 Å². The predicted octanol–water partition coefficient (Wildman–Crippen LogP) is 4.52. The zero-order valence-corrected chi connectivity index (χ0v) is 13.2. The first-order chi connectivity index (χ1) is 10.2. The second-order valence-electron chi connectivity index (χ2n) is 4.35. The van der Waals surface area contributed by atoms with Gasteiger partial charge in [-0.2, -0.15) is 0 Å². The van der Waals surface area contributed by atoms with Gasteiger partial charge in [0, 0.05) is 15.8 Å². The molecular formula is C14H11Cl2N3OS. The summed E-state index contributed by atoms with van der Waals surface area (Å²) in [7, 11) is 0. The van der Waals surface area contributed by atoms with Crippen LogP contribution in [0.4, 0.5) is 0 Å². The molecule has 0 saturated heterocycles. The fraction of sp³-hybridized carbons (Fsp3) is 0.143. The van der Waals surface area contributed by atoms with Crippen LogP contribution < -0.4 is 0 Å². The lowest BCUT2D eigenvalue weighted by Gasteiger charge is -2.06. The van der Waals surface area contributed by atoms with Crippen molar-refractivity contribution in [3.05, 3.63) is 64.3 Å². The lowest BCUT2D eigenvalue weighted by atomic mass is 10.2. The molecule has 0 fully saturated rings. The van der Waals surface area contributed by atoms with Gasteiger partial charge in [0.1, 0.15) is 12.1 Å². The molecule has 0 aliphatic carbocycles. The van der Waals surface area contributed by atoms with E-state index in [-0.39, 0.29) is 0 Å². The third kappa shape index (κ3) is 3.61. The maximum absolute atomic E-state index is 6.17. The molecule has 0 unspecified atom stereocenters. The summed E-state index contributed by atoms with van der Waals surface area (Å²) in [4.78, 5) is 0. The molecule has 0 N–H and O–H groups in total. The standard InChI is InChI=1S/C14H11Cl2N3OS/c15-11-4-3-10(13(16)6-11)8-21-14-18-17-9-19(14)7-12-2-1-5-20-12/h1-6,9H,7-8H2. The molecule has 2 heterocycles. The number of benzene rings is 1. The van der Waals surface area contributed by atoms with Gasteiger partial charge in [0.15, 0.2) is 5.16 Å². The molecule has 0 saturated carbocycles. The summed E-state index contributed by atoms with van der Waals surface area (Å²) < 4.78 is 7.27. The summed E-state index contributed by atoms with van der Waals surface area (Å²) >= 11 is 13.6. The van der Waals surface area contributed by atoms with Crippen LogP contribution in [0.3, 0.4) is 0 Å². The summed E-state index contributed by atoms with van der Waals surface area (Å²) in [5.74, 6) is 1.56. The molecule has 0 aliphatic rings. The highest BCUT2D eigenvalue weighted by Crippen LogP contribution is 2.27. The number of nitrogens with zero attached hydrogens (tertiary/aromatic N) is 3. The second-order valence-corrected chi connectivity index (χ2v) is 6.13. The van der Waals surface area contributed by atoms with Gasteiger partial charge in [-0.3, -0.25) is 0 Å². The predicted molar refractivity (Wildman–Crippen MR) is 83.9 cm³/mol. The Labute approximate surface area is 136 Å². The lowest BCUT2D eigenvalue weighted by molar-refractivity contribution is 0.484. The number of furan rings is 1.